The normalized spacial score (nSPS) is 16.7. The Morgan fingerprint density at radius 1 is 1.24 bits per heavy atom. The molecule has 2 rings (SSSR count). The van der Waals surface area contributed by atoms with Gasteiger partial charge in [0.25, 0.3) is 0 Å². The average Bonchev–Trinajstić information content (AvgIpc) is 2.72. The Labute approximate surface area is 105 Å². The molecule has 1 nitrogen and oxygen atoms in total. The topological polar surface area (TPSA) is 9.23 Å². The molecule has 0 radical (unpaired) electrons. The van der Waals surface area contributed by atoms with Crippen LogP contribution in [0, 0.1) is 11.3 Å². The summed E-state index contributed by atoms with van der Waals surface area (Å²) in [5.74, 6) is 1.69. The van der Waals surface area contributed by atoms with Crippen LogP contribution >= 0.6 is 0 Å². The number of rotatable bonds is 3. The van der Waals surface area contributed by atoms with Crippen LogP contribution in [-0.4, -0.2) is 6.61 Å². The largest absolute Gasteiger partial charge is 0.493 e. The lowest BCUT2D eigenvalue weighted by Gasteiger charge is -2.27. The molecule has 1 aromatic rings. The van der Waals surface area contributed by atoms with Crippen LogP contribution in [0.2, 0.25) is 0 Å². The molecule has 1 aliphatic carbocycles. The highest BCUT2D eigenvalue weighted by atomic mass is 16.5. The molecule has 1 aromatic carbocycles. The minimum atomic E-state index is 0.317. The van der Waals surface area contributed by atoms with Crippen molar-refractivity contribution in [1.82, 2.24) is 0 Å². The first-order valence-electron chi connectivity index (χ1n) is 6.72. The predicted molar refractivity (Wildman–Crippen MR) is 72.6 cm³/mol. The van der Waals surface area contributed by atoms with Crippen molar-refractivity contribution in [3.63, 3.8) is 0 Å². The van der Waals surface area contributed by atoms with E-state index in [0.717, 1.165) is 12.4 Å². The molecule has 1 atom stereocenters. The first kappa shape index (κ1) is 12.5. The van der Waals surface area contributed by atoms with Crippen molar-refractivity contribution in [3.05, 3.63) is 29.3 Å². The van der Waals surface area contributed by atoms with Crippen LogP contribution in [0.5, 0.6) is 5.75 Å². The van der Waals surface area contributed by atoms with Gasteiger partial charge in [-0.15, -0.1) is 0 Å². The maximum absolute atomic E-state index is 6.04. The van der Waals surface area contributed by atoms with E-state index in [9.17, 15) is 0 Å². The fraction of sp³-hybridized carbons (Fsp3) is 0.625. The third-order valence-corrected chi connectivity index (χ3v) is 4.07. The van der Waals surface area contributed by atoms with Crippen molar-refractivity contribution in [2.45, 2.75) is 47.0 Å². The Bertz CT molecular complexity index is 387. The van der Waals surface area contributed by atoms with Gasteiger partial charge < -0.3 is 4.74 Å². The quantitative estimate of drug-likeness (QED) is 0.757. The molecule has 0 bridgehead atoms. The van der Waals surface area contributed by atoms with Crippen LogP contribution in [0.1, 0.15) is 45.2 Å². The summed E-state index contributed by atoms with van der Waals surface area (Å²) < 4.78 is 6.04. The van der Waals surface area contributed by atoms with Crippen LogP contribution in [0.3, 0.4) is 0 Å². The summed E-state index contributed by atoms with van der Waals surface area (Å²) in [5.41, 5.74) is 3.26. The third kappa shape index (κ3) is 2.83. The molecule has 0 saturated heterocycles. The number of hydrogen-bond donors (Lipinski definition) is 0. The van der Waals surface area contributed by atoms with Crippen LogP contribution in [0.4, 0.5) is 0 Å². The lowest BCUT2D eigenvalue weighted by Crippen LogP contribution is -2.23. The standard InChI is InChI=1S/C16H24O/c1-12(16(2,3)4)11-17-15-10-6-8-13-7-5-9-14(13)15/h6,8,10,12H,5,7,9,11H2,1-4H3. The van der Waals surface area contributed by atoms with Gasteiger partial charge in [0.1, 0.15) is 5.75 Å². The van der Waals surface area contributed by atoms with Crippen molar-refractivity contribution < 1.29 is 4.74 Å². The van der Waals surface area contributed by atoms with Gasteiger partial charge in [0.2, 0.25) is 0 Å². The first-order chi connectivity index (χ1) is 7.98. The highest BCUT2D eigenvalue weighted by Crippen LogP contribution is 2.32. The van der Waals surface area contributed by atoms with E-state index in [1.807, 2.05) is 0 Å². The van der Waals surface area contributed by atoms with Gasteiger partial charge in [-0.1, -0.05) is 39.8 Å². The molecule has 0 amide bonds. The van der Waals surface area contributed by atoms with E-state index in [-0.39, 0.29) is 0 Å². The van der Waals surface area contributed by atoms with Gasteiger partial charge >= 0.3 is 0 Å². The zero-order chi connectivity index (χ0) is 12.5. The molecular formula is C16H24O. The highest BCUT2D eigenvalue weighted by molar-refractivity contribution is 5.42. The van der Waals surface area contributed by atoms with Crippen molar-refractivity contribution in [1.29, 1.82) is 0 Å². The minimum Gasteiger partial charge on any atom is -0.493 e. The van der Waals surface area contributed by atoms with Crippen molar-refractivity contribution in [2.75, 3.05) is 6.61 Å². The molecule has 0 N–H and O–H groups in total. The Balaban J connectivity index is 2.03. The highest BCUT2D eigenvalue weighted by Gasteiger charge is 2.21. The van der Waals surface area contributed by atoms with E-state index in [2.05, 4.69) is 45.9 Å². The second-order valence-corrected chi connectivity index (χ2v) is 6.33. The summed E-state index contributed by atoms with van der Waals surface area (Å²) in [7, 11) is 0. The Kier molecular flexibility index (Phi) is 3.46. The molecule has 1 heteroatoms. The summed E-state index contributed by atoms with van der Waals surface area (Å²) >= 11 is 0. The molecule has 0 spiro atoms. The van der Waals surface area contributed by atoms with Gasteiger partial charge in [-0.2, -0.15) is 0 Å². The summed E-state index contributed by atoms with van der Waals surface area (Å²) in [6.07, 6.45) is 3.70. The second-order valence-electron chi connectivity index (χ2n) is 6.33. The summed E-state index contributed by atoms with van der Waals surface area (Å²) in [6, 6.07) is 6.49. The van der Waals surface area contributed by atoms with E-state index in [1.165, 1.54) is 30.4 Å². The van der Waals surface area contributed by atoms with Crippen LogP contribution in [0.15, 0.2) is 18.2 Å². The van der Waals surface area contributed by atoms with Crippen molar-refractivity contribution in [3.8, 4) is 5.75 Å². The lowest BCUT2D eigenvalue weighted by molar-refractivity contribution is 0.160. The maximum Gasteiger partial charge on any atom is 0.122 e. The Hall–Kier alpha value is -0.980. The molecule has 0 aliphatic heterocycles. The van der Waals surface area contributed by atoms with E-state index >= 15 is 0 Å². The zero-order valence-electron chi connectivity index (χ0n) is 11.5. The molecule has 0 fully saturated rings. The molecular weight excluding hydrogens is 208 g/mol. The first-order valence-corrected chi connectivity index (χ1v) is 6.72. The number of benzene rings is 1. The van der Waals surface area contributed by atoms with E-state index in [1.54, 1.807) is 0 Å². The molecule has 17 heavy (non-hydrogen) atoms. The van der Waals surface area contributed by atoms with Gasteiger partial charge in [0.15, 0.2) is 0 Å². The van der Waals surface area contributed by atoms with Crippen LogP contribution < -0.4 is 4.74 Å². The van der Waals surface area contributed by atoms with Gasteiger partial charge in [-0.05, 0) is 47.8 Å². The Morgan fingerprint density at radius 3 is 2.71 bits per heavy atom. The molecule has 0 aromatic heterocycles. The van der Waals surface area contributed by atoms with Gasteiger partial charge in [-0.3, -0.25) is 0 Å². The molecule has 1 aliphatic rings. The number of fused-ring (bicyclic) bond motifs is 1. The van der Waals surface area contributed by atoms with Crippen molar-refractivity contribution >= 4 is 0 Å². The smallest absolute Gasteiger partial charge is 0.122 e. The van der Waals surface area contributed by atoms with Crippen molar-refractivity contribution in [2.24, 2.45) is 11.3 Å². The van der Waals surface area contributed by atoms with E-state index < -0.39 is 0 Å². The van der Waals surface area contributed by atoms with Crippen LogP contribution in [0.25, 0.3) is 0 Å². The van der Waals surface area contributed by atoms with Gasteiger partial charge in [-0.25, -0.2) is 0 Å². The SMILES string of the molecule is CC(COc1cccc2c1CCC2)C(C)(C)C. The molecule has 0 heterocycles. The fourth-order valence-electron chi connectivity index (χ4n) is 2.18. The Morgan fingerprint density at radius 2 is 2.00 bits per heavy atom. The number of hydrogen-bond acceptors (Lipinski definition) is 1. The number of ether oxygens (including phenoxy) is 1. The fourth-order valence-corrected chi connectivity index (χ4v) is 2.18. The van der Waals surface area contributed by atoms with E-state index in [4.69, 9.17) is 4.74 Å². The predicted octanol–water partition coefficient (Wildman–Crippen LogP) is 4.24. The van der Waals surface area contributed by atoms with Crippen LogP contribution in [-0.2, 0) is 12.8 Å². The number of aryl methyl sites for hydroxylation is 1. The molecule has 1 unspecified atom stereocenters. The zero-order valence-corrected chi connectivity index (χ0v) is 11.5. The maximum atomic E-state index is 6.04. The van der Waals surface area contributed by atoms with Gasteiger partial charge in [0.05, 0.1) is 6.61 Å². The lowest BCUT2D eigenvalue weighted by atomic mass is 9.83. The third-order valence-electron chi connectivity index (χ3n) is 4.07. The average molecular weight is 232 g/mol. The summed E-state index contributed by atoms with van der Waals surface area (Å²) in [6.45, 7) is 9.91. The molecule has 0 saturated carbocycles. The van der Waals surface area contributed by atoms with E-state index in [0.29, 0.717) is 11.3 Å². The van der Waals surface area contributed by atoms with Gasteiger partial charge in [0, 0.05) is 0 Å². The summed E-state index contributed by atoms with van der Waals surface area (Å²) in [5, 5.41) is 0. The summed E-state index contributed by atoms with van der Waals surface area (Å²) in [4.78, 5) is 0. The second kappa shape index (κ2) is 4.72. The monoisotopic (exact) mass is 232 g/mol. The minimum absolute atomic E-state index is 0.317. The molecule has 94 valence electrons.